The molecule has 1 aromatic carbocycles. The number of rotatable bonds is 3. The van der Waals surface area contributed by atoms with E-state index in [-0.39, 0.29) is 28.8 Å². The van der Waals surface area contributed by atoms with Gasteiger partial charge >= 0.3 is 0 Å². The Morgan fingerprint density at radius 1 is 1.27 bits per heavy atom. The van der Waals surface area contributed by atoms with E-state index in [0.29, 0.717) is 18.5 Å². The van der Waals surface area contributed by atoms with Crippen LogP contribution in [0.25, 0.3) is 0 Å². The lowest BCUT2D eigenvalue weighted by Crippen LogP contribution is -2.41. The molecule has 1 saturated carbocycles. The van der Waals surface area contributed by atoms with Crippen molar-refractivity contribution in [1.29, 1.82) is 0 Å². The number of nitro groups is 1. The number of imide groups is 1. The van der Waals surface area contributed by atoms with Crippen LogP contribution in [-0.4, -0.2) is 28.2 Å². The third kappa shape index (κ3) is 2.01. The number of fused-ring (bicyclic) bond motifs is 1. The number of nitro benzene ring substituents is 1. The molecule has 2 atom stereocenters. The number of carbonyl (C=O) groups excluding carboxylic acids is 2. The predicted molar refractivity (Wildman–Crippen MR) is 79.1 cm³/mol. The lowest BCUT2D eigenvalue weighted by molar-refractivity contribution is -0.384. The number of nitrogens with zero attached hydrogens (tertiary/aromatic N) is 2. The third-order valence-corrected chi connectivity index (χ3v) is 4.38. The quantitative estimate of drug-likeness (QED) is 0.487. The molecule has 0 aromatic heterocycles. The highest BCUT2D eigenvalue weighted by Gasteiger charge is 2.72. The summed E-state index contributed by atoms with van der Waals surface area (Å²) in [5.74, 6) is -0.576. The number of hydrogen-bond donors (Lipinski definition) is 0. The van der Waals surface area contributed by atoms with Crippen LogP contribution in [0.1, 0.15) is 32.8 Å². The summed E-state index contributed by atoms with van der Waals surface area (Å²) in [6, 6.07) is 5.99. The Hall–Kier alpha value is -2.24. The molecule has 2 fully saturated rings. The highest BCUT2D eigenvalue weighted by molar-refractivity contribution is 6.15. The van der Waals surface area contributed by atoms with E-state index in [1.807, 2.05) is 20.8 Å². The molecule has 2 aliphatic rings. The monoisotopic (exact) mass is 302 g/mol. The van der Waals surface area contributed by atoms with Crippen LogP contribution in [0.2, 0.25) is 0 Å². The van der Waals surface area contributed by atoms with Crippen molar-refractivity contribution in [3.05, 3.63) is 39.9 Å². The minimum atomic E-state index is -0.780. The fourth-order valence-electron chi connectivity index (χ4n) is 3.27. The van der Waals surface area contributed by atoms with Gasteiger partial charge in [-0.2, -0.15) is 0 Å². The van der Waals surface area contributed by atoms with Crippen LogP contribution in [0, 0.1) is 21.4 Å². The van der Waals surface area contributed by atoms with Gasteiger partial charge in [0.15, 0.2) is 0 Å². The smallest absolute Gasteiger partial charge is 0.269 e. The van der Waals surface area contributed by atoms with Crippen LogP contribution >= 0.6 is 0 Å². The molecule has 6 heteroatoms. The molecular weight excluding hydrogens is 284 g/mol. The molecule has 1 aliphatic carbocycles. The van der Waals surface area contributed by atoms with Gasteiger partial charge < -0.3 is 0 Å². The second-order valence-electron chi connectivity index (χ2n) is 7.32. The van der Waals surface area contributed by atoms with Crippen molar-refractivity contribution in [2.24, 2.45) is 11.3 Å². The van der Waals surface area contributed by atoms with Crippen molar-refractivity contribution in [3.8, 4) is 0 Å². The van der Waals surface area contributed by atoms with E-state index in [2.05, 4.69) is 0 Å². The number of carbonyl (C=O) groups is 2. The molecule has 0 radical (unpaired) electrons. The maximum absolute atomic E-state index is 12.7. The lowest BCUT2D eigenvalue weighted by atomic mass is 9.92. The largest absolute Gasteiger partial charge is 0.281 e. The topological polar surface area (TPSA) is 80.5 Å². The molecule has 2 unspecified atom stereocenters. The summed E-state index contributed by atoms with van der Waals surface area (Å²) >= 11 is 0. The van der Waals surface area contributed by atoms with Crippen LogP contribution < -0.4 is 0 Å². The third-order valence-electron chi connectivity index (χ3n) is 4.38. The van der Waals surface area contributed by atoms with Gasteiger partial charge in [-0.05, 0) is 17.4 Å². The van der Waals surface area contributed by atoms with Crippen LogP contribution in [-0.2, 0) is 15.0 Å². The molecule has 3 rings (SSSR count). The van der Waals surface area contributed by atoms with E-state index in [4.69, 9.17) is 0 Å². The van der Waals surface area contributed by atoms with Crippen molar-refractivity contribution in [1.82, 2.24) is 4.90 Å². The Labute approximate surface area is 128 Å². The highest BCUT2D eigenvalue weighted by atomic mass is 16.6. The summed E-state index contributed by atoms with van der Waals surface area (Å²) in [4.78, 5) is 36.7. The van der Waals surface area contributed by atoms with Crippen LogP contribution in [0.4, 0.5) is 5.69 Å². The molecule has 0 spiro atoms. The first kappa shape index (κ1) is 14.7. The molecule has 1 heterocycles. The number of benzene rings is 1. The van der Waals surface area contributed by atoms with Crippen LogP contribution in [0.3, 0.4) is 0 Å². The first-order valence-electron chi connectivity index (χ1n) is 7.27. The van der Waals surface area contributed by atoms with E-state index >= 15 is 0 Å². The van der Waals surface area contributed by atoms with Gasteiger partial charge in [0.05, 0.1) is 16.3 Å². The van der Waals surface area contributed by atoms with Crippen molar-refractivity contribution < 1.29 is 14.5 Å². The predicted octanol–water partition coefficient (Wildman–Crippen LogP) is 2.27. The van der Waals surface area contributed by atoms with Crippen molar-refractivity contribution in [2.45, 2.75) is 32.6 Å². The molecule has 0 N–H and O–H groups in total. The number of amides is 2. The number of hydrogen-bond acceptors (Lipinski definition) is 4. The Morgan fingerprint density at radius 2 is 1.86 bits per heavy atom. The lowest BCUT2D eigenvalue weighted by Gasteiger charge is -2.27. The van der Waals surface area contributed by atoms with Crippen molar-refractivity contribution in [2.75, 3.05) is 6.54 Å². The van der Waals surface area contributed by atoms with Gasteiger partial charge in [-0.1, -0.05) is 32.9 Å². The van der Waals surface area contributed by atoms with Crippen LogP contribution in [0.5, 0.6) is 0 Å². The molecule has 1 saturated heterocycles. The minimum Gasteiger partial charge on any atom is -0.281 e. The normalized spacial score (nSPS) is 27.0. The zero-order chi connectivity index (χ0) is 16.3. The molecule has 116 valence electrons. The van der Waals surface area contributed by atoms with E-state index in [0.717, 1.165) is 0 Å². The molecule has 6 nitrogen and oxygen atoms in total. The summed E-state index contributed by atoms with van der Waals surface area (Å²) in [7, 11) is 0. The number of piperidine rings is 1. The van der Waals surface area contributed by atoms with Gasteiger partial charge in [0.25, 0.3) is 5.69 Å². The molecule has 2 amide bonds. The zero-order valence-corrected chi connectivity index (χ0v) is 12.8. The summed E-state index contributed by atoms with van der Waals surface area (Å²) in [6.07, 6.45) is 0.517. The second-order valence-corrected chi connectivity index (χ2v) is 7.32. The van der Waals surface area contributed by atoms with Gasteiger partial charge in [0.1, 0.15) is 0 Å². The second kappa shape index (κ2) is 4.38. The Kier molecular flexibility index (Phi) is 2.92. The fourth-order valence-corrected chi connectivity index (χ4v) is 3.27. The maximum Gasteiger partial charge on any atom is 0.269 e. The summed E-state index contributed by atoms with van der Waals surface area (Å²) in [5.41, 5.74) is -0.241. The van der Waals surface area contributed by atoms with Crippen molar-refractivity contribution >= 4 is 17.5 Å². The van der Waals surface area contributed by atoms with Gasteiger partial charge in [-0.3, -0.25) is 24.6 Å². The summed E-state index contributed by atoms with van der Waals surface area (Å²) in [5, 5.41) is 10.7. The molecule has 0 bridgehead atoms. The molecular formula is C16H18N2O4. The van der Waals surface area contributed by atoms with Crippen LogP contribution in [0.15, 0.2) is 24.3 Å². The molecule has 1 aromatic rings. The Bertz CT molecular complexity index is 674. The average molecular weight is 302 g/mol. The van der Waals surface area contributed by atoms with Gasteiger partial charge in [0, 0.05) is 18.7 Å². The fraction of sp³-hybridized carbons (Fsp3) is 0.500. The summed E-state index contributed by atoms with van der Waals surface area (Å²) < 4.78 is 0. The zero-order valence-electron chi connectivity index (χ0n) is 12.8. The maximum atomic E-state index is 12.7. The standard InChI is InChI=1S/C16H18N2O4/c1-15(2,3)9-17-13(19)12-8-16(12,14(17)20)10-4-6-11(7-5-10)18(21)22/h4-7,12H,8-9H2,1-3H3. The molecule has 22 heavy (non-hydrogen) atoms. The number of non-ortho nitro benzene ring substituents is 1. The molecule has 1 aliphatic heterocycles. The average Bonchev–Trinajstić information content (AvgIpc) is 3.15. The van der Waals surface area contributed by atoms with E-state index in [1.165, 1.54) is 17.0 Å². The number of likely N-dealkylation sites (tertiary alicyclic amines) is 1. The van der Waals surface area contributed by atoms with Gasteiger partial charge in [0.2, 0.25) is 11.8 Å². The van der Waals surface area contributed by atoms with E-state index in [1.54, 1.807) is 12.1 Å². The van der Waals surface area contributed by atoms with Crippen molar-refractivity contribution in [3.63, 3.8) is 0 Å². The highest BCUT2D eigenvalue weighted by Crippen LogP contribution is 2.60. The van der Waals surface area contributed by atoms with E-state index in [9.17, 15) is 19.7 Å². The van der Waals surface area contributed by atoms with E-state index < -0.39 is 10.3 Å². The van der Waals surface area contributed by atoms with Gasteiger partial charge in [-0.15, -0.1) is 0 Å². The Morgan fingerprint density at radius 3 is 2.36 bits per heavy atom. The first-order chi connectivity index (χ1) is 10.2. The first-order valence-corrected chi connectivity index (χ1v) is 7.27. The summed E-state index contributed by atoms with van der Waals surface area (Å²) in [6.45, 7) is 6.35. The SMILES string of the molecule is CC(C)(C)CN1C(=O)C2CC2(c2ccc([N+](=O)[O-])cc2)C1=O. The minimum absolute atomic E-state index is 0.0133. The Balaban J connectivity index is 1.91. The van der Waals surface area contributed by atoms with Gasteiger partial charge in [-0.25, -0.2) is 0 Å².